The van der Waals surface area contributed by atoms with E-state index in [4.69, 9.17) is 5.14 Å². The molecule has 0 radical (unpaired) electrons. The van der Waals surface area contributed by atoms with E-state index in [0.29, 0.717) is 12.1 Å². The number of aryl methyl sites for hydroxylation is 1. The average molecular weight is 310 g/mol. The van der Waals surface area contributed by atoms with Crippen LogP contribution >= 0.6 is 11.3 Å². The second kappa shape index (κ2) is 5.74. The Balaban J connectivity index is 2.02. The van der Waals surface area contributed by atoms with Crippen LogP contribution in [0.2, 0.25) is 0 Å². The van der Waals surface area contributed by atoms with Crippen LogP contribution in [-0.2, 0) is 16.6 Å². The molecule has 0 aliphatic carbocycles. The molecule has 0 aliphatic rings. The van der Waals surface area contributed by atoms with E-state index in [0.717, 1.165) is 22.5 Å². The molecule has 2 aromatic rings. The summed E-state index contributed by atoms with van der Waals surface area (Å²) in [5.41, 5.74) is 2.42. The van der Waals surface area contributed by atoms with Crippen molar-refractivity contribution in [2.45, 2.75) is 17.7 Å². The highest BCUT2D eigenvalue weighted by atomic mass is 32.2. The summed E-state index contributed by atoms with van der Waals surface area (Å²) >= 11 is 0.935. The molecule has 106 valence electrons. The third-order valence-corrected chi connectivity index (χ3v) is 5.08. The number of hydrogen-bond acceptors (Lipinski definition) is 4. The van der Waals surface area contributed by atoms with Gasteiger partial charge < -0.3 is 5.32 Å². The molecule has 0 fully saturated rings. The van der Waals surface area contributed by atoms with Crippen molar-refractivity contribution in [3.63, 3.8) is 0 Å². The molecule has 0 atom stereocenters. The second-order valence-corrected chi connectivity index (χ2v) is 7.07. The first-order chi connectivity index (χ1) is 9.36. The lowest BCUT2D eigenvalue weighted by molar-refractivity contribution is 0.0951. The van der Waals surface area contributed by atoms with Crippen LogP contribution in [0.5, 0.6) is 0 Å². The molecule has 1 heterocycles. The second-order valence-electron chi connectivity index (χ2n) is 4.37. The highest BCUT2D eigenvalue weighted by molar-refractivity contribution is 7.91. The van der Waals surface area contributed by atoms with Gasteiger partial charge in [-0.15, -0.1) is 11.3 Å². The van der Waals surface area contributed by atoms with Crippen LogP contribution in [-0.4, -0.2) is 14.3 Å². The summed E-state index contributed by atoms with van der Waals surface area (Å²) < 4.78 is 22.3. The van der Waals surface area contributed by atoms with Gasteiger partial charge in [0.1, 0.15) is 4.21 Å². The molecule has 0 saturated carbocycles. The maximum atomic E-state index is 11.9. The Morgan fingerprint density at radius 2 is 1.95 bits per heavy atom. The zero-order valence-corrected chi connectivity index (χ0v) is 12.4. The molecule has 7 heteroatoms. The Kier molecular flexibility index (Phi) is 4.22. The maximum absolute atomic E-state index is 11.9. The largest absolute Gasteiger partial charge is 0.348 e. The normalized spacial score (nSPS) is 11.3. The van der Waals surface area contributed by atoms with E-state index < -0.39 is 10.0 Å². The fraction of sp³-hybridized carbons (Fsp3) is 0.154. The Labute approximate surface area is 121 Å². The number of thiophene rings is 1. The van der Waals surface area contributed by atoms with Crippen molar-refractivity contribution in [3.05, 3.63) is 52.4 Å². The molecule has 1 aromatic carbocycles. The van der Waals surface area contributed by atoms with Gasteiger partial charge >= 0.3 is 0 Å². The minimum atomic E-state index is -3.75. The number of carbonyl (C=O) groups excluding carboxylic acids is 1. The standard InChI is InChI=1S/C13H14N2O3S2/c1-9-2-4-10(5-3-9)7-15-13(16)11-6-12(19-8-11)20(14,17)18/h2-6,8H,7H2,1H3,(H,15,16)(H2,14,17,18). The molecular formula is C13H14N2O3S2. The third-order valence-electron chi connectivity index (χ3n) is 2.69. The summed E-state index contributed by atoms with van der Waals surface area (Å²) in [7, 11) is -3.75. The van der Waals surface area contributed by atoms with Crippen LogP contribution in [0.3, 0.4) is 0 Å². The molecule has 0 aliphatic heterocycles. The first-order valence-electron chi connectivity index (χ1n) is 5.81. The van der Waals surface area contributed by atoms with E-state index in [2.05, 4.69) is 5.32 Å². The summed E-state index contributed by atoms with van der Waals surface area (Å²) in [6.07, 6.45) is 0. The highest BCUT2D eigenvalue weighted by Crippen LogP contribution is 2.18. The number of amides is 1. The number of carbonyl (C=O) groups is 1. The third kappa shape index (κ3) is 3.66. The SMILES string of the molecule is Cc1ccc(CNC(=O)c2csc(S(N)(=O)=O)c2)cc1. The Hall–Kier alpha value is -1.70. The Morgan fingerprint density at radius 3 is 2.50 bits per heavy atom. The summed E-state index contributed by atoms with van der Waals surface area (Å²) in [6, 6.07) is 9.07. The zero-order chi connectivity index (χ0) is 14.8. The first kappa shape index (κ1) is 14.7. The van der Waals surface area contributed by atoms with Crippen molar-refractivity contribution in [2.75, 3.05) is 0 Å². The topological polar surface area (TPSA) is 89.3 Å². The van der Waals surface area contributed by atoms with Gasteiger partial charge in [-0.25, -0.2) is 13.6 Å². The lowest BCUT2D eigenvalue weighted by atomic mass is 10.1. The van der Waals surface area contributed by atoms with Crippen molar-refractivity contribution in [2.24, 2.45) is 5.14 Å². The summed E-state index contributed by atoms with van der Waals surface area (Å²) in [6.45, 7) is 2.38. The van der Waals surface area contributed by atoms with Gasteiger partial charge in [0.15, 0.2) is 0 Å². The molecular weight excluding hydrogens is 296 g/mol. The highest BCUT2D eigenvalue weighted by Gasteiger charge is 2.14. The first-order valence-corrected chi connectivity index (χ1v) is 8.24. The predicted molar refractivity (Wildman–Crippen MR) is 78.0 cm³/mol. The number of benzene rings is 1. The van der Waals surface area contributed by atoms with Crippen molar-refractivity contribution in [3.8, 4) is 0 Å². The molecule has 2 rings (SSSR count). The van der Waals surface area contributed by atoms with Crippen molar-refractivity contribution in [1.29, 1.82) is 0 Å². The quantitative estimate of drug-likeness (QED) is 0.899. The summed E-state index contributed by atoms with van der Waals surface area (Å²) in [5, 5.41) is 9.21. The summed E-state index contributed by atoms with van der Waals surface area (Å²) in [5.74, 6) is -0.322. The van der Waals surface area contributed by atoms with Crippen LogP contribution in [0.25, 0.3) is 0 Å². The number of primary sulfonamides is 1. The summed E-state index contributed by atoms with van der Waals surface area (Å²) in [4.78, 5) is 11.9. The minimum absolute atomic E-state index is 0.0158. The molecule has 20 heavy (non-hydrogen) atoms. The zero-order valence-electron chi connectivity index (χ0n) is 10.8. The van der Waals surface area contributed by atoms with E-state index in [1.807, 2.05) is 31.2 Å². The van der Waals surface area contributed by atoms with Gasteiger partial charge in [-0.05, 0) is 18.6 Å². The van der Waals surface area contributed by atoms with Gasteiger partial charge in [-0.1, -0.05) is 29.8 Å². The monoisotopic (exact) mass is 310 g/mol. The van der Waals surface area contributed by atoms with Gasteiger partial charge in [-0.3, -0.25) is 4.79 Å². The lowest BCUT2D eigenvalue weighted by Gasteiger charge is -2.04. The average Bonchev–Trinajstić information content (AvgIpc) is 2.87. The number of nitrogens with two attached hydrogens (primary N) is 1. The lowest BCUT2D eigenvalue weighted by Crippen LogP contribution is -2.22. The molecule has 3 N–H and O–H groups in total. The van der Waals surface area contributed by atoms with E-state index in [9.17, 15) is 13.2 Å². The van der Waals surface area contributed by atoms with Gasteiger partial charge in [0.2, 0.25) is 10.0 Å². The number of nitrogens with one attached hydrogen (secondary N) is 1. The van der Waals surface area contributed by atoms with Crippen molar-refractivity contribution < 1.29 is 13.2 Å². The fourth-order valence-corrected chi connectivity index (χ4v) is 3.16. The molecule has 5 nitrogen and oxygen atoms in total. The van der Waals surface area contributed by atoms with Crippen molar-refractivity contribution >= 4 is 27.3 Å². The molecule has 0 bridgehead atoms. The van der Waals surface area contributed by atoms with E-state index >= 15 is 0 Å². The minimum Gasteiger partial charge on any atom is -0.348 e. The number of hydrogen-bond donors (Lipinski definition) is 2. The molecule has 1 aromatic heterocycles. The molecule has 0 unspecified atom stereocenters. The van der Waals surface area contributed by atoms with E-state index in [1.165, 1.54) is 11.4 Å². The van der Waals surface area contributed by atoms with Crippen LogP contribution in [0.15, 0.2) is 39.9 Å². The maximum Gasteiger partial charge on any atom is 0.252 e. The van der Waals surface area contributed by atoms with Crippen molar-refractivity contribution in [1.82, 2.24) is 5.32 Å². The Morgan fingerprint density at radius 1 is 1.30 bits per heavy atom. The van der Waals surface area contributed by atoms with Gasteiger partial charge in [0.05, 0.1) is 5.56 Å². The van der Waals surface area contributed by atoms with Crippen LogP contribution < -0.4 is 10.5 Å². The van der Waals surface area contributed by atoms with Gasteiger partial charge in [-0.2, -0.15) is 0 Å². The van der Waals surface area contributed by atoms with Gasteiger partial charge in [0.25, 0.3) is 5.91 Å². The van der Waals surface area contributed by atoms with Crippen LogP contribution in [0.1, 0.15) is 21.5 Å². The van der Waals surface area contributed by atoms with Gasteiger partial charge in [0, 0.05) is 11.9 Å². The van der Waals surface area contributed by atoms with Crippen LogP contribution in [0, 0.1) is 6.92 Å². The number of sulfonamides is 1. The van der Waals surface area contributed by atoms with Crippen LogP contribution in [0.4, 0.5) is 0 Å². The Bertz CT molecular complexity index is 718. The smallest absolute Gasteiger partial charge is 0.252 e. The molecule has 0 saturated heterocycles. The predicted octanol–water partition coefficient (Wildman–Crippen LogP) is 1.63. The van der Waals surface area contributed by atoms with E-state index in [1.54, 1.807) is 0 Å². The number of rotatable bonds is 4. The van der Waals surface area contributed by atoms with E-state index in [-0.39, 0.29) is 10.1 Å². The fourth-order valence-electron chi connectivity index (χ4n) is 1.58. The molecule has 0 spiro atoms. The molecule has 1 amide bonds.